The molecule has 0 aromatic carbocycles. The summed E-state index contributed by atoms with van der Waals surface area (Å²) in [6, 6.07) is 4.22. The summed E-state index contributed by atoms with van der Waals surface area (Å²) in [7, 11) is 0. The van der Waals surface area contributed by atoms with Gasteiger partial charge in [-0.2, -0.15) is 0 Å². The van der Waals surface area contributed by atoms with Crippen molar-refractivity contribution < 1.29 is 38.0 Å². The average molecular weight is 524 g/mol. The number of ether oxygens (including phenoxy) is 2. The zero-order chi connectivity index (χ0) is 17.0. The molecule has 1 aromatic heterocycles. The summed E-state index contributed by atoms with van der Waals surface area (Å²) < 4.78 is 13.7. The molecule has 2 heterocycles. The van der Waals surface area contributed by atoms with Crippen molar-refractivity contribution in [2.75, 3.05) is 13.2 Å². The predicted molar refractivity (Wildman–Crippen MR) is 101 cm³/mol. The number of halogens is 2. The number of rotatable bonds is 10. The van der Waals surface area contributed by atoms with Gasteiger partial charge in [-0.1, -0.05) is 61.4 Å². The Kier molecular flexibility index (Phi) is 13.0. The standard InChI is InChI=1S/C20H31BrNO2.HI/c1-2-3-4-5-6-7-8-9-12-22-13-10-19(11-14-22)20-23-16-18(15-21)17-24-20;/h10-11,13-15,20H,2-9,12,16-17H2,1H3;1H/q+1;/p-1. The summed E-state index contributed by atoms with van der Waals surface area (Å²) >= 11 is 3.32. The van der Waals surface area contributed by atoms with Gasteiger partial charge in [0.2, 0.25) is 0 Å². The first kappa shape index (κ1) is 23.1. The molecule has 0 radical (unpaired) electrons. The minimum atomic E-state index is -0.237. The Labute approximate surface area is 178 Å². The highest BCUT2D eigenvalue weighted by Crippen LogP contribution is 2.24. The molecule has 0 unspecified atom stereocenters. The molecule has 0 atom stereocenters. The summed E-state index contributed by atoms with van der Waals surface area (Å²) in [5, 5.41) is 0. The molecule has 25 heavy (non-hydrogen) atoms. The molecule has 0 bridgehead atoms. The van der Waals surface area contributed by atoms with E-state index in [1.54, 1.807) is 0 Å². The fourth-order valence-corrected chi connectivity index (χ4v) is 3.18. The Morgan fingerprint density at radius 1 is 1.00 bits per heavy atom. The second kappa shape index (κ2) is 14.1. The van der Waals surface area contributed by atoms with Crippen molar-refractivity contribution in [3.63, 3.8) is 0 Å². The van der Waals surface area contributed by atoms with Crippen LogP contribution in [0.25, 0.3) is 0 Å². The lowest BCUT2D eigenvalue weighted by Gasteiger charge is -2.24. The molecule has 3 nitrogen and oxygen atoms in total. The maximum atomic E-state index is 5.73. The largest absolute Gasteiger partial charge is 1.00 e. The van der Waals surface area contributed by atoms with Crippen LogP contribution in [0.5, 0.6) is 0 Å². The van der Waals surface area contributed by atoms with Gasteiger partial charge in [0, 0.05) is 24.1 Å². The van der Waals surface area contributed by atoms with E-state index >= 15 is 0 Å². The van der Waals surface area contributed by atoms with Crippen molar-refractivity contribution in [1.82, 2.24) is 0 Å². The summed E-state index contributed by atoms with van der Waals surface area (Å²) in [6.45, 7) is 4.62. The molecule has 1 aliphatic rings. The highest BCUT2D eigenvalue weighted by molar-refractivity contribution is 9.11. The number of hydrogen-bond donors (Lipinski definition) is 0. The van der Waals surface area contributed by atoms with Gasteiger partial charge in [-0.25, -0.2) is 4.57 Å². The normalized spacial score (nSPS) is 17.2. The third-order valence-electron chi connectivity index (χ3n) is 4.45. The van der Waals surface area contributed by atoms with Gasteiger partial charge in [0.15, 0.2) is 18.7 Å². The Hall–Kier alpha value is 0.0200. The molecule has 1 fully saturated rings. The third kappa shape index (κ3) is 8.98. The molecule has 1 saturated heterocycles. The van der Waals surface area contributed by atoms with Crippen LogP contribution >= 0.6 is 15.9 Å². The number of hydrogen-bond acceptors (Lipinski definition) is 2. The first-order valence-corrected chi connectivity index (χ1v) is 10.3. The third-order valence-corrected chi connectivity index (χ3v) is 5.10. The molecule has 5 heteroatoms. The molecule has 0 N–H and O–H groups in total. The lowest BCUT2D eigenvalue weighted by molar-refractivity contribution is -0.697. The Morgan fingerprint density at radius 2 is 1.56 bits per heavy atom. The van der Waals surface area contributed by atoms with Crippen molar-refractivity contribution >= 4 is 15.9 Å². The molecule has 2 rings (SSSR count). The zero-order valence-electron chi connectivity index (χ0n) is 15.3. The van der Waals surface area contributed by atoms with Crippen molar-refractivity contribution in [1.29, 1.82) is 0 Å². The van der Waals surface area contributed by atoms with Crippen LogP contribution in [0, 0.1) is 0 Å². The Balaban J connectivity index is 0.00000312. The van der Waals surface area contributed by atoms with Gasteiger partial charge in [-0.05, 0) is 17.0 Å². The zero-order valence-corrected chi connectivity index (χ0v) is 19.0. The first-order valence-electron chi connectivity index (χ1n) is 9.34. The second-order valence-electron chi connectivity index (χ2n) is 6.57. The maximum Gasteiger partial charge on any atom is 0.185 e. The summed E-state index contributed by atoms with van der Waals surface area (Å²) in [4.78, 5) is 1.88. The molecule has 0 saturated carbocycles. The predicted octanol–water partition coefficient (Wildman–Crippen LogP) is 2.44. The van der Waals surface area contributed by atoms with Crippen molar-refractivity contribution in [2.24, 2.45) is 0 Å². The van der Waals surface area contributed by atoms with Crippen LogP contribution in [-0.4, -0.2) is 13.2 Å². The molecule has 1 aromatic rings. The van der Waals surface area contributed by atoms with Crippen molar-refractivity contribution in [2.45, 2.75) is 71.1 Å². The van der Waals surface area contributed by atoms with Gasteiger partial charge in [0.05, 0.1) is 13.2 Å². The van der Waals surface area contributed by atoms with E-state index in [-0.39, 0.29) is 30.3 Å². The van der Waals surface area contributed by atoms with E-state index < -0.39 is 0 Å². The smallest absolute Gasteiger partial charge is 0.185 e. The summed E-state index contributed by atoms with van der Waals surface area (Å²) in [6.07, 6.45) is 14.9. The fourth-order valence-electron chi connectivity index (χ4n) is 2.91. The SMILES string of the molecule is CCCCCCCCCC[n+]1ccc(C2OCC(=CBr)CO2)cc1.[I-]. The molecule has 0 spiro atoms. The van der Waals surface area contributed by atoms with E-state index in [9.17, 15) is 0 Å². The van der Waals surface area contributed by atoms with Crippen LogP contribution in [0.4, 0.5) is 0 Å². The molecule has 0 aliphatic carbocycles. The van der Waals surface area contributed by atoms with Crippen LogP contribution < -0.4 is 28.5 Å². The highest BCUT2D eigenvalue weighted by Gasteiger charge is 2.19. The number of pyridine rings is 1. The van der Waals surface area contributed by atoms with Crippen molar-refractivity contribution in [3.8, 4) is 0 Å². The quantitative estimate of drug-likeness (QED) is 0.267. The van der Waals surface area contributed by atoms with Crippen LogP contribution in [0.15, 0.2) is 35.1 Å². The molecule has 1 aliphatic heterocycles. The van der Waals surface area contributed by atoms with Crippen LogP contribution in [-0.2, 0) is 16.0 Å². The van der Waals surface area contributed by atoms with E-state index in [4.69, 9.17) is 9.47 Å². The van der Waals surface area contributed by atoms with Gasteiger partial charge in [0.25, 0.3) is 0 Å². The van der Waals surface area contributed by atoms with E-state index in [1.807, 2.05) is 4.99 Å². The van der Waals surface area contributed by atoms with E-state index in [2.05, 4.69) is 51.9 Å². The number of unbranched alkanes of at least 4 members (excludes halogenated alkanes) is 7. The Morgan fingerprint density at radius 3 is 2.12 bits per heavy atom. The lowest BCUT2D eigenvalue weighted by atomic mass is 10.1. The highest BCUT2D eigenvalue weighted by atomic mass is 127. The van der Waals surface area contributed by atoms with Gasteiger partial charge in [0.1, 0.15) is 6.54 Å². The minimum Gasteiger partial charge on any atom is -1.00 e. The fraction of sp³-hybridized carbons (Fsp3) is 0.650. The number of nitrogens with zero attached hydrogens (tertiary/aromatic N) is 1. The van der Waals surface area contributed by atoms with Crippen LogP contribution in [0.2, 0.25) is 0 Å². The lowest BCUT2D eigenvalue weighted by Crippen LogP contribution is -3.00. The first-order chi connectivity index (χ1) is 11.8. The topological polar surface area (TPSA) is 22.3 Å². The Bertz CT molecular complexity index is 483. The summed E-state index contributed by atoms with van der Waals surface area (Å²) in [5.74, 6) is 0. The van der Waals surface area contributed by atoms with E-state index in [1.165, 1.54) is 51.4 Å². The number of aromatic nitrogens is 1. The van der Waals surface area contributed by atoms with Gasteiger partial charge in [-0.15, -0.1) is 0 Å². The van der Waals surface area contributed by atoms with E-state index in [0.29, 0.717) is 13.2 Å². The van der Waals surface area contributed by atoms with Gasteiger partial charge >= 0.3 is 0 Å². The second-order valence-corrected chi connectivity index (χ2v) is 7.02. The average Bonchev–Trinajstić information content (AvgIpc) is 2.64. The van der Waals surface area contributed by atoms with Gasteiger partial charge < -0.3 is 33.5 Å². The molecular weight excluding hydrogens is 493 g/mol. The van der Waals surface area contributed by atoms with Crippen LogP contribution in [0.3, 0.4) is 0 Å². The molecule has 142 valence electrons. The van der Waals surface area contributed by atoms with Crippen molar-refractivity contribution in [3.05, 3.63) is 40.6 Å². The minimum absolute atomic E-state index is 0. The summed E-state index contributed by atoms with van der Waals surface area (Å²) in [5.41, 5.74) is 2.22. The maximum absolute atomic E-state index is 5.73. The van der Waals surface area contributed by atoms with Crippen LogP contribution in [0.1, 0.15) is 70.1 Å². The molecular formula is C20H31BrINO2. The monoisotopic (exact) mass is 523 g/mol. The van der Waals surface area contributed by atoms with E-state index in [0.717, 1.165) is 17.7 Å². The number of aryl methyl sites for hydroxylation is 1. The van der Waals surface area contributed by atoms with Gasteiger partial charge in [-0.3, -0.25) is 0 Å². The molecule has 0 amide bonds.